The summed E-state index contributed by atoms with van der Waals surface area (Å²) in [5.41, 5.74) is 0.754. The first-order valence-corrected chi connectivity index (χ1v) is 3.38. The Balaban J connectivity index is 2.57. The van der Waals surface area contributed by atoms with Gasteiger partial charge in [-0.2, -0.15) is 0 Å². The summed E-state index contributed by atoms with van der Waals surface area (Å²) in [6.45, 7) is 0.526. The van der Waals surface area contributed by atoms with E-state index in [0.29, 0.717) is 18.8 Å². The van der Waals surface area contributed by atoms with Gasteiger partial charge in [-0.3, -0.25) is 0 Å². The zero-order valence-corrected chi connectivity index (χ0v) is 5.73. The SMILES string of the molecule is Fc1cc2c(cc1F)OCC2. The molecule has 0 spiro atoms. The molecule has 0 atom stereocenters. The first kappa shape index (κ1) is 6.58. The fraction of sp³-hybridized carbons (Fsp3) is 0.250. The van der Waals surface area contributed by atoms with E-state index in [1.54, 1.807) is 0 Å². The molecule has 0 radical (unpaired) electrons. The molecule has 0 unspecified atom stereocenters. The summed E-state index contributed by atoms with van der Waals surface area (Å²) in [4.78, 5) is 0. The summed E-state index contributed by atoms with van der Waals surface area (Å²) in [6, 6.07) is 2.29. The minimum Gasteiger partial charge on any atom is -0.493 e. The first-order valence-electron chi connectivity index (χ1n) is 3.38. The molecule has 0 fully saturated rings. The Morgan fingerprint density at radius 1 is 1.18 bits per heavy atom. The van der Waals surface area contributed by atoms with Gasteiger partial charge in [-0.25, -0.2) is 8.78 Å². The summed E-state index contributed by atoms with van der Waals surface area (Å²) >= 11 is 0. The van der Waals surface area contributed by atoms with Crippen molar-refractivity contribution in [1.82, 2.24) is 0 Å². The van der Waals surface area contributed by atoms with Gasteiger partial charge in [0.05, 0.1) is 6.61 Å². The van der Waals surface area contributed by atoms with E-state index < -0.39 is 11.6 Å². The summed E-state index contributed by atoms with van der Waals surface area (Å²) < 4.78 is 30.1. The molecule has 0 saturated carbocycles. The van der Waals surface area contributed by atoms with Crippen molar-refractivity contribution in [1.29, 1.82) is 0 Å². The van der Waals surface area contributed by atoms with Crippen LogP contribution in [0.15, 0.2) is 12.1 Å². The Morgan fingerprint density at radius 2 is 1.91 bits per heavy atom. The number of hydrogen-bond acceptors (Lipinski definition) is 1. The second kappa shape index (κ2) is 2.19. The zero-order chi connectivity index (χ0) is 7.84. The topological polar surface area (TPSA) is 9.23 Å². The molecule has 1 nitrogen and oxygen atoms in total. The first-order chi connectivity index (χ1) is 5.27. The highest BCUT2D eigenvalue weighted by molar-refractivity contribution is 5.37. The molecule has 0 bridgehead atoms. The summed E-state index contributed by atoms with van der Waals surface area (Å²) in [5, 5.41) is 0. The highest BCUT2D eigenvalue weighted by Crippen LogP contribution is 2.27. The highest BCUT2D eigenvalue weighted by atomic mass is 19.2. The zero-order valence-electron chi connectivity index (χ0n) is 5.73. The highest BCUT2D eigenvalue weighted by Gasteiger charge is 2.15. The van der Waals surface area contributed by atoms with Crippen LogP contribution in [0.3, 0.4) is 0 Å². The summed E-state index contributed by atoms with van der Waals surface area (Å²) in [6.07, 6.45) is 0.673. The van der Waals surface area contributed by atoms with E-state index in [-0.39, 0.29) is 0 Å². The Labute approximate surface area is 62.6 Å². The lowest BCUT2D eigenvalue weighted by Crippen LogP contribution is -1.86. The number of ether oxygens (including phenoxy) is 1. The molecule has 0 saturated heterocycles. The molecule has 1 aromatic rings. The molecular formula is C8H6F2O. The molecule has 1 aliphatic rings. The molecule has 1 aliphatic heterocycles. The molecule has 0 aromatic heterocycles. The minimum absolute atomic E-state index is 0.476. The van der Waals surface area contributed by atoms with Gasteiger partial charge >= 0.3 is 0 Å². The second-order valence-corrected chi connectivity index (χ2v) is 2.47. The van der Waals surface area contributed by atoms with Gasteiger partial charge in [-0.05, 0) is 6.07 Å². The molecule has 58 valence electrons. The fourth-order valence-corrected chi connectivity index (χ4v) is 1.17. The Morgan fingerprint density at radius 3 is 2.73 bits per heavy atom. The van der Waals surface area contributed by atoms with Gasteiger partial charge in [0.15, 0.2) is 11.6 Å². The van der Waals surface area contributed by atoms with E-state index in [1.807, 2.05) is 0 Å². The van der Waals surface area contributed by atoms with Crippen LogP contribution in [0.1, 0.15) is 5.56 Å². The molecule has 0 aliphatic carbocycles. The predicted molar refractivity (Wildman–Crippen MR) is 35.6 cm³/mol. The van der Waals surface area contributed by atoms with Crippen LogP contribution in [0.25, 0.3) is 0 Å². The second-order valence-electron chi connectivity index (χ2n) is 2.47. The van der Waals surface area contributed by atoms with Gasteiger partial charge in [0, 0.05) is 18.1 Å². The predicted octanol–water partition coefficient (Wildman–Crippen LogP) is 1.90. The lowest BCUT2D eigenvalue weighted by molar-refractivity contribution is 0.354. The summed E-state index contributed by atoms with van der Waals surface area (Å²) in [7, 11) is 0. The van der Waals surface area contributed by atoms with Crippen molar-refractivity contribution in [2.45, 2.75) is 6.42 Å². The van der Waals surface area contributed by atoms with Crippen molar-refractivity contribution in [3.8, 4) is 5.75 Å². The molecule has 11 heavy (non-hydrogen) atoms. The molecule has 2 rings (SSSR count). The smallest absolute Gasteiger partial charge is 0.162 e. The van der Waals surface area contributed by atoms with Crippen LogP contribution >= 0.6 is 0 Å². The maximum Gasteiger partial charge on any atom is 0.162 e. The van der Waals surface area contributed by atoms with Gasteiger partial charge < -0.3 is 4.74 Å². The van der Waals surface area contributed by atoms with E-state index in [4.69, 9.17) is 4.74 Å². The maximum atomic E-state index is 12.5. The van der Waals surface area contributed by atoms with E-state index in [9.17, 15) is 8.78 Å². The van der Waals surface area contributed by atoms with Crippen molar-refractivity contribution in [3.63, 3.8) is 0 Å². The van der Waals surface area contributed by atoms with Gasteiger partial charge in [-0.1, -0.05) is 0 Å². The normalized spacial score (nSPS) is 14.4. The summed E-state index contributed by atoms with van der Waals surface area (Å²) in [5.74, 6) is -1.16. The minimum atomic E-state index is -0.842. The van der Waals surface area contributed by atoms with Crippen molar-refractivity contribution >= 4 is 0 Å². The monoisotopic (exact) mass is 156 g/mol. The average Bonchev–Trinajstić information content (AvgIpc) is 2.36. The number of rotatable bonds is 0. The molecule has 1 heterocycles. The van der Waals surface area contributed by atoms with Gasteiger partial charge in [0.2, 0.25) is 0 Å². The van der Waals surface area contributed by atoms with Crippen LogP contribution in [0.5, 0.6) is 5.75 Å². The third-order valence-electron chi connectivity index (χ3n) is 1.73. The number of hydrogen-bond donors (Lipinski definition) is 0. The quantitative estimate of drug-likeness (QED) is 0.557. The third kappa shape index (κ3) is 0.964. The van der Waals surface area contributed by atoms with Crippen molar-refractivity contribution in [3.05, 3.63) is 29.3 Å². The van der Waals surface area contributed by atoms with Crippen LogP contribution in [0, 0.1) is 11.6 Å². The lowest BCUT2D eigenvalue weighted by Gasteiger charge is -1.98. The van der Waals surface area contributed by atoms with E-state index in [0.717, 1.165) is 11.6 Å². The van der Waals surface area contributed by atoms with E-state index in [1.165, 1.54) is 6.07 Å². The van der Waals surface area contributed by atoms with E-state index >= 15 is 0 Å². The fourth-order valence-electron chi connectivity index (χ4n) is 1.17. The van der Waals surface area contributed by atoms with E-state index in [2.05, 4.69) is 0 Å². The largest absolute Gasteiger partial charge is 0.493 e. The lowest BCUT2D eigenvalue weighted by atomic mass is 10.2. The molecule has 1 aromatic carbocycles. The number of benzene rings is 1. The molecule has 0 N–H and O–H groups in total. The standard InChI is InChI=1S/C8H6F2O/c9-6-3-5-1-2-11-8(5)4-7(6)10/h3-4H,1-2H2. The number of fused-ring (bicyclic) bond motifs is 1. The van der Waals surface area contributed by atoms with Gasteiger partial charge in [0.1, 0.15) is 5.75 Å². The molecular weight excluding hydrogens is 150 g/mol. The third-order valence-corrected chi connectivity index (χ3v) is 1.73. The molecule has 0 amide bonds. The van der Waals surface area contributed by atoms with Crippen molar-refractivity contribution < 1.29 is 13.5 Å². The average molecular weight is 156 g/mol. The Kier molecular flexibility index (Phi) is 1.31. The Hall–Kier alpha value is -1.12. The van der Waals surface area contributed by atoms with Gasteiger partial charge in [0.25, 0.3) is 0 Å². The van der Waals surface area contributed by atoms with Crippen molar-refractivity contribution in [2.75, 3.05) is 6.61 Å². The van der Waals surface area contributed by atoms with Crippen LogP contribution in [-0.4, -0.2) is 6.61 Å². The Bertz CT molecular complexity index is 267. The van der Waals surface area contributed by atoms with Crippen LogP contribution in [-0.2, 0) is 6.42 Å². The van der Waals surface area contributed by atoms with Crippen molar-refractivity contribution in [2.24, 2.45) is 0 Å². The van der Waals surface area contributed by atoms with Crippen LogP contribution < -0.4 is 4.74 Å². The van der Waals surface area contributed by atoms with Crippen LogP contribution in [0.2, 0.25) is 0 Å². The molecule has 3 heteroatoms. The van der Waals surface area contributed by atoms with Gasteiger partial charge in [-0.15, -0.1) is 0 Å². The van der Waals surface area contributed by atoms with Crippen LogP contribution in [0.4, 0.5) is 8.78 Å². The maximum absolute atomic E-state index is 12.5. The number of halogens is 2.